The summed E-state index contributed by atoms with van der Waals surface area (Å²) in [6.45, 7) is 7.53. The van der Waals surface area contributed by atoms with Crippen LogP contribution in [0.25, 0.3) is 0 Å². The maximum atomic E-state index is 3.50. The van der Waals surface area contributed by atoms with E-state index in [9.17, 15) is 0 Å². The van der Waals surface area contributed by atoms with E-state index < -0.39 is 0 Å². The van der Waals surface area contributed by atoms with Crippen LogP contribution in [0, 0.1) is 6.92 Å². The fourth-order valence-electron chi connectivity index (χ4n) is 2.88. The average Bonchev–Trinajstić information content (AvgIpc) is 2.54. The number of nitrogens with zero attached hydrogens (tertiary/aromatic N) is 2. The molecule has 0 aromatic heterocycles. The van der Waals surface area contributed by atoms with E-state index in [1.807, 2.05) is 0 Å². The van der Waals surface area contributed by atoms with Crippen LogP contribution in [0.4, 0.5) is 11.4 Å². The van der Waals surface area contributed by atoms with Crippen molar-refractivity contribution >= 4 is 11.4 Å². The summed E-state index contributed by atoms with van der Waals surface area (Å²) >= 11 is 0. The first kappa shape index (κ1) is 14.9. The minimum Gasteiger partial charge on any atom is -0.381 e. The first-order chi connectivity index (χ1) is 10.7. The number of anilines is 2. The molecule has 1 N–H and O–H groups in total. The lowest BCUT2D eigenvalue weighted by Crippen LogP contribution is -2.44. The van der Waals surface area contributed by atoms with Crippen LogP contribution in [0.15, 0.2) is 48.5 Å². The first-order valence-corrected chi connectivity index (χ1v) is 8.04. The van der Waals surface area contributed by atoms with E-state index in [0.717, 1.165) is 32.7 Å². The Bertz CT molecular complexity index is 598. The standard InChI is InChI=1S/C19H25N3/c1-16-4-3-5-17(14-16)15-20-18-6-8-19(9-7-18)22-12-10-21(2)11-13-22/h3-9,14,20H,10-13,15H2,1-2H3. The molecule has 0 unspecified atom stereocenters. The number of hydrogen-bond donors (Lipinski definition) is 1. The summed E-state index contributed by atoms with van der Waals surface area (Å²) in [7, 11) is 2.19. The fourth-order valence-corrected chi connectivity index (χ4v) is 2.88. The average molecular weight is 295 g/mol. The maximum absolute atomic E-state index is 3.50. The third-order valence-electron chi connectivity index (χ3n) is 4.31. The zero-order valence-corrected chi connectivity index (χ0v) is 13.5. The number of benzene rings is 2. The zero-order chi connectivity index (χ0) is 15.4. The van der Waals surface area contributed by atoms with Gasteiger partial charge in [-0.1, -0.05) is 29.8 Å². The van der Waals surface area contributed by atoms with Crippen LogP contribution in [-0.2, 0) is 6.54 Å². The van der Waals surface area contributed by atoms with Gasteiger partial charge < -0.3 is 15.1 Å². The van der Waals surface area contributed by atoms with Gasteiger partial charge in [-0.05, 0) is 43.8 Å². The molecular weight excluding hydrogens is 270 g/mol. The van der Waals surface area contributed by atoms with E-state index in [2.05, 4.69) is 77.6 Å². The quantitative estimate of drug-likeness (QED) is 0.933. The van der Waals surface area contributed by atoms with E-state index in [1.54, 1.807) is 0 Å². The molecule has 1 aliphatic rings. The summed E-state index contributed by atoms with van der Waals surface area (Å²) in [5, 5.41) is 3.50. The predicted molar refractivity (Wildman–Crippen MR) is 94.7 cm³/mol. The van der Waals surface area contributed by atoms with Gasteiger partial charge in [0.1, 0.15) is 0 Å². The van der Waals surface area contributed by atoms with Crippen molar-refractivity contribution in [1.82, 2.24) is 4.90 Å². The molecule has 1 heterocycles. The van der Waals surface area contributed by atoms with Crippen molar-refractivity contribution in [2.75, 3.05) is 43.4 Å². The topological polar surface area (TPSA) is 18.5 Å². The summed E-state index contributed by atoms with van der Waals surface area (Å²) in [6.07, 6.45) is 0. The molecule has 1 fully saturated rings. The summed E-state index contributed by atoms with van der Waals surface area (Å²) in [5.41, 5.74) is 5.14. The van der Waals surface area contributed by atoms with Gasteiger partial charge in [0.2, 0.25) is 0 Å². The van der Waals surface area contributed by atoms with Crippen LogP contribution >= 0.6 is 0 Å². The molecule has 116 valence electrons. The van der Waals surface area contributed by atoms with Crippen LogP contribution in [0.1, 0.15) is 11.1 Å². The summed E-state index contributed by atoms with van der Waals surface area (Å²) < 4.78 is 0. The van der Waals surface area contributed by atoms with Gasteiger partial charge in [0.05, 0.1) is 0 Å². The van der Waals surface area contributed by atoms with Gasteiger partial charge in [-0.3, -0.25) is 0 Å². The van der Waals surface area contributed by atoms with E-state index in [4.69, 9.17) is 0 Å². The molecule has 0 spiro atoms. The lowest BCUT2D eigenvalue weighted by atomic mass is 10.1. The Kier molecular flexibility index (Phi) is 4.64. The van der Waals surface area contributed by atoms with Gasteiger partial charge in [-0.25, -0.2) is 0 Å². The van der Waals surface area contributed by atoms with Gasteiger partial charge in [0.15, 0.2) is 0 Å². The van der Waals surface area contributed by atoms with Gasteiger partial charge in [0.25, 0.3) is 0 Å². The van der Waals surface area contributed by atoms with Gasteiger partial charge in [-0.15, -0.1) is 0 Å². The Morgan fingerprint density at radius 1 is 0.955 bits per heavy atom. The number of rotatable bonds is 4. The maximum Gasteiger partial charge on any atom is 0.0400 e. The second-order valence-electron chi connectivity index (χ2n) is 6.18. The summed E-state index contributed by atoms with van der Waals surface area (Å²) in [6, 6.07) is 17.5. The zero-order valence-electron chi connectivity index (χ0n) is 13.5. The number of hydrogen-bond acceptors (Lipinski definition) is 3. The van der Waals surface area contributed by atoms with E-state index in [0.29, 0.717) is 0 Å². The van der Waals surface area contributed by atoms with Crippen LogP contribution in [-0.4, -0.2) is 38.1 Å². The smallest absolute Gasteiger partial charge is 0.0400 e. The Morgan fingerprint density at radius 2 is 1.68 bits per heavy atom. The molecule has 0 amide bonds. The molecular formula is C19H25N3. The van der Waals surface area contributed by atoms with E-state index >= 15 is 0 Å². The lowest BCUT2D eigenvalue weighted by Gasteiger charge is -2.34. The molecule has 0 aliphatic carbocycles. The van der Waals surface area contributed by atoms with Gasteiger partial charge in [-0.2, -0.15) is 0 Å². The predicted octanol–water partition coefficient (Wildman–Crippen LogP) is 3.36. The number of aryl methyl sites for hydroxylation is 1. The van der Waals surface area contributed by atoms with E-state index in [-0.39, 0.29) is 0 Å². The van der Waals surface area contributed by atoms with E-state index in [1.165, 1.54) is 22.5 Å². The largest absolute Gasteiger partial charge is 0.381 e. The summed E-state index contributed by atoms with van der Waals surface area (Å²) in [5.74, 6) is 0. The van der Waals surface area contributed by atoms with Crippen LogP contribution in [0.3, 0.4) is 0 Å². The monoisotopic (exact) mass is 295 g/mol. The minimum absolute atomic E-state index is 0.871. The Labute approximate surface area is 133 Å². The minimum atomic E-state index is 0.871. The number of likely N-dealkylation sites (N-methyl/N-ethyl adjacent to an activating group) is 1. The molecule has 3 rings (SSSR count). The van der Waals surface area contributed by atoms with Gasteiger partial charge >= 0.3 is 0 Å². The Hall–Kier alpha value is -2.00. The molecule has 0 saturated carbocycles. The lowest BCUT2D eigenvalue weighted by molar-refractivity contribution is 0.313. The highest BCUT2D eigenvalue weighted by Crippen LogP contribution is 2.19. The fraction of sp³-hybridized carbons (Fsp3) is 0.368. The molecule has 1 aliphatic heterocycles. The van der Waals surface area contributed by atoms with Crippen molar-refractivity contribution in [1.29, 1.82) is 0 Å². The molecule has 2 aromatic rings. The third-order valence-corrected chi connectivity index (χ3v) is 4.31. The van der Waals surface area contributed by atoms with Gasteiger partial charge in [0, 0.05) is 44.1 Å². The van der Waals surface area contributed by atoms with Crippen molar-refractivity contribution in [2.24, 2.45) is 0 Å². The highest BCUT2D eigenvalue weighted by molar-refractivity contribution is 5.55. The Balaban J connectivity index is 1.57. The van der Waals surface area contributed by atoms with Crippen LogP contribution in [0.5, 0.6) is 0 Å². The normalized spacial score (nSPS) is 15.8. The SMILES string of the molecule is Cc1cccc(CNc2ccc(N3CCN(C)CC3)cc2)c1. The molecule has 1 saturated heterocycles. The van der Waals surface area contributed by atoms with Crippen LogP contribution in [0.2, 0.25) is 0 Å². The highest BCUT2D eigenvalue weighted by Gasteiger charge is 2.13. The first-order valence-electron chi connectivity index (χ1n) is 8.04. The van der Waals surface area contributed by atoms with Crippen molar-refractivity contribution in [3.8, 4) is 0 Å². The molecule has 2 aromatic carbocycles. The second-order valence-corrected chi connectivity index (χ2v) is 6.18. The molecule has 0 atom stereocenters. The molecule has 0 radical (unpaired) electrons. The molecule has 3 heteroatoms. The molecule has 22 heavy (non-hydrogen) atoms. The number of nitrogens with one attached hydrogen (secondary N) is 1. The van der Waals surface area contributed by atoms with Crippen molar-refractivity contribution in [3.63, 3.8) is 0 Å². The van der Waals surface area contributed by atoms with Crippen molar-refractivity contribution in [3.05, 3.63) is 59.7 Å². The number of piperazine rings is 1. The van der Waals surface area contributed by atoms with Crippen LogP contribution < -0.4 is 10.2 Å². The van der Waals surface area contributed by atoms with Crippen molar-refractivity contribution < 1.29 is 0 Å². The van der Waals surface area contributed by atoms with Crippen molar-refractivity contribution in [2.45, 2.75) is 13.5 Å². The molecule has 0 bridgehead atoms. The second kappa shape index (κ2) is 6.84. The molecule has 3 nitrogen and oxygen atoms in total. The summed E-state index contributed by atoms with van der Waals surface area (Å²) in [4.78, 5) is 4.85. The Morgan fingerprint density at radius 3 is 2.36 bits per heavy atom. The third kappa shape index (κ3) is 3.80. The highest BCUT2D eigenvalue weighted by atomic mass is 15.2.